The standard InChI is InChI=1S/C14H21FN2O2/c1-19-13-10-11(7-8-12(13)15)17-14(18)6-4-2-3-5-9-16/h7-8,10H,2-6,9,16H2,1H3,(H,17,18). The molecule has 0 aliphatic rings. The van der Waals surface area contributed by atoms with E-state index < -0.39 is 5.82 Å². The summed E-state index contributed by atoms with van der Waals surface area (Å²) < 4.78 is 18.0. The van der Waals surface area contributed by atoms with E-state index in [2.05, 4.69) is 5.32 Å². The lowest BCUT2D eigenvalue weighted by molar-refractivity contribution is -0.116. The molecule has 1 rings (SSSR count). The first kappa shape index (κ1) is 15.4. The fraction of sp³-hybridized carbons (Fsp3) is 0.500. The molecule has 1 aromatic rings. The van der Waals surface area contributed by atoms with Crippen molar-refractivity contribution in [3.63, 3.8) is 0 Å². The first-order chi connectivity index (χ1) is 9.17. The maximum Gasteiger partial charge on any atom is 0.224 e. The largest absolute Gasteiger partial charge is 0.494 e. The molecule has 19 heavy (non-hydrogen) atoms. The fourth-order valence-corrected chi connectivity index (χ4v) is 1.74. The number of rotatable bonds is 8. The van der Waals surface area contributed by atoms with Gasteiger partial charge in [-0.15, -0.1) is 0 Å². The van der Waals surface area contributed by atoms with Crippen LogP contribution in [-0.4, -0.2) is 19.6 Å². The predicted octanol–water partition coefficient (Wildman–Crippen LogP) is 2.68. The summed E-state index contributed by atoms with van der Waals surface area (Å²) in [6, 6.07) is 4.27. The molecule has 0 aliphatic carbocycles. The van der Waals surface area contributed by atoms with Gasteiger partial charge in [-0.2, -0.15) is 0 Å². The molecule has 0 atom stereocenters. The van der Waals surface area contributed by atoms with E-state index in [0.29, 0.717) is 18.7 Å². The summed E-state index contributed by atoms with van der Waals surface area (Å²) >= 11 is 0. The number of anilines is 1. The topological polar surface area (TPSA) is 64.3 Å². The number of carbonyl (C=O) groups excluding carboxylic acids is 1. The highest BCUT2D eigenvalue weighted by Crippen LogP contribution is 2.21. The lowest BCUT2D eigenvalue weighted by Gasteiger charge is -2.07. The normalized spacial score (nSPS) is 10.3. The van der Waals surface area contributed by atoms with Gasteiger partial charge in [0.15, 0.2) is 11.6 Å². The first-order valence-electron chi connectivity index (χ1n) is 6.51. The number of methoxy groups -OCH3 is 1. The summed E-state index contributed by atoms with van der Waals surface area (Å²) in [4.78, 5) is 11.7. The van der Waals surface area contributed by atoms with Gasteiger partial charge in [0.1, 0.15) is 0 Å². The van der Waals surface area contributed by atoms with Crippen molar-refractivity contribution in [3.8, 4) is 5.75 Å². The van der Waals surface area contributed by atoms with Crippen LogP contribution in [0, 0.1) is 5.82 Å². The molecule has 1 aromatic carbocycles. The van der Waals surface area contributed by atoms with Gasteiger partial charge in [-0.1, -0.05) is 12.8 Å². The predicted molar refractivity (Wildman–Crippen MR) is 73.7 cm³/mol. The molecule has 0 bridgehead atoms. The fourth-order valence-electron chi connectivity index (χ4n) is 1.74. The van der Waals surface area contributed by atoms with Gasteiger partial charge in [-0.3, -0.25) is 4.79 Å². The lowest BCUT2D eigenvalue weighted by atomic mass is 10.1. The Bertz CT molecular complexity index is 410. The van der Waals surface area contributed by atoms with Gasteiger partial charge in [-0.25, -0.2) is 4.39 Å². The first-order valence-corrected chi connectivity index (χ1v) is 6.51. The molecular weight excluding hydrogens is 247 g/mol. The third kappa shape index (κ3) is 5.70. The number of amides is 1. The maximum absolute atomic E-state index is 13.2. The smallest absolute Gasteiger partial charge is 0.224 e. The summed E-state index contributed by atoms with van der Waals surface area (Å²) in [6.07, 6.45) is 4.34. The van der Waals surface area contributed by atoms with Crippen molar-refractivity contribution in [1.29, 1.82) is 0 Å². The zero-order chi connectivity index (χ0) is 14.1. The van der Waals surface area contributed by atoms with Crippen molar-refractivity contribution in [1.82, 2.24) is 0 Å². The van der Waals surface area contributed by atoms with E-state index in [4.69, 9.17) is 10.5 Å². The van der Waals surface area contributed by atoms with Crippen LogP contribution in [0.3, 0.4) is 0 Å². The van der Waals surface area contributed by atoms with E-state index in [9.17, 15) is 9.18 Å². The second-order valence-corrected chi connectivity index (χ2v) is 4.35. The third-order valence-electron chi connectivity index (χ3n) is 2.79. The maximum atomic E-state index is 13.2. The SMILES string of the molecule is COc1cc(NC(=O)CCCCCCN)ccc1F. The number of unbranched alkanes of at least 4 members (excludes halogenated alkanes) is 3. The molecule has 0 radical (unpaired) electrons. The number of hydrogen-bond acceptors (Lipinski definition) is 3. The number of benzene rings is 1. The summed E-state index contributed by atoms with van der Waals surface area (Å²) in [5.41, 5.74) is 5.94. The third-order valence-corrected chi connectivity index (χ3v) is 2.79. The van der Waals surface area contributed by atoms with Crippen LogP contribution < -0.4 is 15.8 Å². The Labute approximate surface area is 113 Å². The number of nitrogens with two attached hydrogens (primary N) is 1. The second kappa shape index (κ2) is 8.48. The zero-order valence-electron chi connectivity index (χ0n) is 11.2. The Hall–Kier alpha value is -1.62. The number of ether oxygens (including phenoxy) is 1. The van der Waals surface area contributed by atoms with E-state index in [1.165, 1.54) is 25.3 Å². The zero-order valence-corrected chi connectivity index (χ0v) is 11.2. The Balaban J connectivity index is 2.35. The van der Waals surface area contributed by atoms with Gasteiger partial charge in [0, 0.05) is 18.2 Å². The van der Waals surface area contributed by atoms with Crippen LogP contribution in [0.2, 0.25) is 0 Å². The van der Waals surface area contributed by atoms with Gasteiger partial charge in [0.25, 0.3) is 0 Å². The van der Waals surface area contributed by atoms with E-state index >= 15 is 0 Å². The van der Waals surface area contributed by atoms with Crippen LogP contribution in [0.15, 0.2) is 18.2 Å². The van der Waals surface area contributed by atoms with Crippen molar-refractivity contribution in [2.75, 3.05) is 19.0 Å². The second-order valence-electron chi connectivity index (χ2n) is 4.35. The van der Waals surface area contributed by atoms with E-state index in [1.54, 1.807) is 0 Å². The minimum absolute atomic E-state index is 0.0681. The summed E-state index contributed by atoms with van der Waals surface area (Å²) in [6.45, 7) is 0.696. The number of carbonyl (C=O) groups is 1. The molecule has 0 heterocycles. The highest BCUT2D eigenvalue weighted by molar-refractivity contribution is 5.90. The molecule has 5 heteroatoms. The van der Waals surface area contributed by atoms with E-state index in [-0.39, 0.29) is 11.7 Å². The molecule has 1 amide bonds. The van der Waals surface area contributed by atoms with Crippen LogP contribution in [0.1, 0.15) is 32.1 Å². The number of halogens is 1. The minimum atomic E-state index is -0.442. The van der Waals surface area contributed by atoms with E-state index in [0.717, 1.165) is 25.7 Å². The Morgan fingerprint density at radius 3 is 2.74 bits per heavy atom. The number of nitrogens with one attached hydrogen (secondary N) is 1. The van der Waals surface area contributed by atoms with Crippen LogP contribution in [0.4, 0.5) is 10.1 Å². The summed E-state index contributed by atoms with van der Waals surface area (Å²) in [5, 5.41) is 2.72. The molecule has 0 spiro atoms. The Morgan fingerprint density at radius 2 is 2.05 bits per heavy atom. The minimum Gasteiger partial charge on any atom is -0.494 e. The van der Waals surface area contributed by atoms with Crippen molar-refractivity contribution in [2.45, 2.75) is 32.1 Å². The van der Waals surface area contributed by atoms with Crippen LogP contribution >= 0.6 is 0 Å². The molecule has 0 aliphatic heterocycles. The van der Waals surface area contributed by atoms with Crippen LogP contribution in [0.25, 0.3) is 0 Å². The number of hydrogen-bond donors (Lipinski definition) is 2. The molecule has 0 unspecified atom stereocenters. The lowest BCUT2D eigenvalue weighted by Crippen LogP contribution is -2.11. The molecule has 0 fully saturated rings. The van der Waals surface area contributed by atoms with Gasteiger partial charge < -0.3 is 15.8 Å². The van der Waals surface area contributed by atoms with Gasteiger partial charge in [0.2, 0.25) is 5.91 Å². The van der Waals surface area contributed by atoms with E-state index in [1.807, 2.05) is 0 Å². The molecule has 0 aromatic heterocycles. The van der Waals surface area contributed by atoms with Gasteiger partial charge in [-0.05, 0) is 31.5 Å². The monoisotopic (exact) mass is 268 g/mol. The average molecular weight is 268 g/mol. The summed E-state index contributed by atoms with van der Waals surface area (Å²) in [5.74, 6) is -0.385. The highest BCUT2D eigenvalue weighted by atomic mass is 19.1. The molecule has 0 saturated carbocycles. The van der Waals surface area contributed by atoms with Gasteiger partial charge in [0.05, 0.1) is 7.11 Å². The molecule has 3 N–H and O–H groups in total. The molecule has 0 saturated heterocycles. The van der Waals surface area contributed by atoms with Crippen molar-refractivity contribution in [2.24, 2.45) is 5.73 Å². The molecule has 4 nitrogen and oxygen atoms in total. The van der Waals surface area contributed by atoms with Gasteiger partial charge >= 0.3 is 0 Å². The van der Waals surface area contributed by atoms with Crippen LogP contribution in [0.5, 0.6) is 5.75 Å². The molecular formula is C14H21FN2O2. The molecule has 106 valence electrons. The summed E-state index contributed by atoms with van der Waals surface area (Å²) in [7, 11) is 1.39. The Morgan fingerprint density at radius 1 is 1.32 bits per heavy atom. The quantitative estimate of drug-likeness (QED) is 0.712. The van der Waals surface area contributed by atoms with Crippen molar-refractivity contribution < 1.29 is 13.9 Å². The van der Waals surface area contributed by atoms with Crippen molar-refractivity contribution >= 4 is 11.6 Å². The van der Waals surface area contributed by atoms with Crippen molar-refractivity contribution in [3.05, 3.63) is 24.0 Å². The average Bonchev–Trinajstić information content (AvgIpc) is 2.40. The van der Waals surface area contributed by atoms with Crippen LogP contribution in [-0.2, 0) is 4.79 Å². The highest BCUT2D eigenvalue weighted by Gasteiger charge is 2.06. The Kier molecular flexibility index (Phi) is 6.89.